The van der Waals surface area contributed by atoms with Gasteiger partial charge in [0.05, 0.1) is 17.6 Å². The molecule has 0 amide bonds. The molecule has 0 spiro atoms. The predicted molar refractivity (Wildman–Crippen MR) is 69.6 cm³/mol. The van der Waals surface area contributed by atoms with Gasteiger partial charge < -0.3 is 15.2 Å². The van der Waals surface area contributed by atoms with Crippen molar-refractivity contribution in [2.24, 2.45) is 5.92 Å². The number of hydrogen-bond donors (Lipinski definition) is 2. The lowest BCUT2D eigenvalue weighted by Crippen LogP contribution is -2.40. The molecule has 104 valence electrons. The highest BCUT2D eigenvalue weighted by Gasteiger charge is 2.32. The van der Waals surface area contributed by atoms with Gasteiger partial charge in [0.2, 0.25) is 0 Å². The van der Waals surface area contributed by atoms with Crippen LogP contribution in [0.25, 0.3) is 0 Å². The Hall–Kier alpha value is -0.610. The van der Waals surface area contributed by atoms with E-state index in [1.165, 1.54) is 0 Å². The van der Waals surface area contributed by atoms with Crippen LogP contribution < -0.4 is 5.32 Å². The second kappa shape index (κ2) is 5.57. The molecule has 1 heterocycles. The van der Waals surface area contributed by atoms with E-state index in [1.54, 1.807) is 0 Å². The molecule has 2 rings (SSSR count). The van der Waals surface area contributed by atoms with Gasteiger partial charge in [-0.1, -0.05) is 6.42 Å². The van der Waals surface area contributed by atoms with Gasteiger partial charge in [0, 0.05) is 12.6 Å². The van der Waals surface area contributed by atoms with E-state index in [9.17, 15) is 4.79 Å². The van der Waals surface area contributed by atoms with Crippen LogP contribution in [-0.2, 0) is 9.53 Å². The van der Waals surface area contributed by atoms with Crippen molar-refractivity contribution in [2.45, 2.75) is 70.1 Å². The van der Waals surface area contributed by atoms with Crippen LogP contribution in [0.15, 0.2) is 0 Å². The third-order valence-electron chi connectivity index (χ3n) is 4.21. The fraction of sp³-hybridized carbons (Fsp3) is 0.929. The summed E-state index contributed by atoms with van der Waals surface area (Å²) in [7, 11) is 0. The minimum atomic E-state index is -0.639. The summed E-state index contributed by atoms with van der Waals surface area (Å²) in [6.07, 6.45) is 6.24. The highest BCUT2D eigenvalue weighted by atomic mass is 16.5. The maximum Gasteiger partial charge on any atom is 0.306 e. The van der Waals surface area contributed by atoms with Gasteiger partial charge in [-0.05, 0) is 46.0 Å². The average Bonchev–Trinajstić information content (AvgIpc) is 2.67. The van der Waals surface area contributed by atoms with Crippen molar-refractivity contribution < 1.29 is 14.6 Å². The molecule has 4 heteroatoms. The zero-order valence-corrected chi connectivity index (χ0v) is 11.4. The molecule has 3 atom stereocenters. The van der Waals surface area contributed by atoms with E-state index in [0.29, 0.717) is 12.1 Å². The van der Waals surface area contributed by atoms with Crippen LogP contribution in [0, 0.1) is 5.92 Å². The molecule has 0 radical (unpaired) electrons. The third kappa shape index (κ3) is 3.69. The minimum Gasteiger partial charge on any atom is -0.481 e. The van der Waals surface area contributed by atoms with Crippen molar-refractivity contribution in [3.05, 3.63) is 0 Å². The number of carbonyl (C=O) groups is 1. The molecule has 0 aromatic rings. The fourth-order valence-electron chi connectivity index (χ4n) is 3.12. The van der Waals surface area contributed by atoms with Crippen LogP contribution in [0.2, 0.25) is 0 Å². The first-order valence-electron chi connectivity index (χ1n) is 7.10. The summed E-state index contributed by atoms with van der Waals surface area (Å²) >= 11 is 0. The summed E-state index contributed by atoms with van der Waals surface area (Å²) in [6, 6.07) is 0.354. The molecule has 4 nitrogen and oxygen atoms in total. The summed E-state index contributed by atoms with van der Waals surface area (Å²) in [5.41, 5.74) is 0.0164. The number of rotatable bonds is 4. The van der Waals surface area contributed by atoms with E-state index in [4.69, 9.17) is 9.84 Å². The Morgan fingerprint density at radius 1 is 1.39 bits per heavy atom. The standard InChI is InChI=1S/C14H25NO3/c1-14(2)7-6-12(18-14)9-15-11-5-3-4-10(8-11)13(16)17/h10-12,15H,3-9H2,1-2H3,(H,16,17). The quantitative estimate of drug-likeness (QED) is 0.808. The van der Waals surface area contributed by atoms with Crippen LogP contribution in [0.3, 0.4) is 0 Å². The number of ether oxygens (including phenoxy) is 1. The van der Waals surface area contributed by atoms with Gasteiger partial charge in [-0.2, -0.15) is 0 Å². The van der Waals surface area contributed by atoms with E-state index in [2.05, 4.69) is 19.2 Å². The van der Waals surface area contributed by atoms with Gasteiger partial charge in [0.15, 0.2) is 0 Å². The van der Waals surface area contributed by atoms with E-state index < -0.39 is 5.97 Å². The molecule has 1 saturated heterocycles. The number of nitrogens with one attached hydrogen (secondary N) is 1. The van der Waals surface area contributed by atoms with Crippen molar-refractivity contribution in [2.75, 3.05) is 6.54 Å². The van der Waals surface area contributed by atoms with E-state index >= 15 is 0 Å². The molecule has 0 aromatic carbocycles. The Morgan fingerprint density at radius 2 is 2.17 bits per heavy atom. The fourth-order valence-corrected chi connectivity index (χ4v) is 3.12. The van der Waals surface area contributed by atoms with Crippen molar-refractivity contribution in [1.82, 2.24) is 5.32 Å². The predicted octanol–water partition coefficient (Wildman–Crippen LogP) is 2.18. The average molecular weight is 255 g/mol. The van der Waals surface area contributed by atoms with Gasteiger partial charge in [0.25, 0.3) is 0 Å². The first-order chi connectivity index (χ1) is 8.46. The number of hydrogen-bond acceptors (Lipinski definition) is 3. The molecular formula is C14H25NO3. The van der Waals surface area contributed by atoms with Crippen LogP contribution in [0.5, 0.6) is 0 Å². The maximum atomic E-state index is 11.0. The lowest BCUT2D eigenvalue weighted by Gasteiger charge is -2.28. The van der Waals surface area contributed by atoms with Crippen molar-refractivity contribution in [3.63, 3.8) is 0 Å². The molecule has 2 aliphatic rings. The highest BCUT2D eigenvalue weighted by Crippen LogP contribution is 2.29. The zero-order valence-electron chi connectivity index (χ0n) is 11.4. The monoisotopic (exact) mass is 255 g/mol. The number of aliphatic carboxylic acids is 1. The van der Waals surface area contributed by atoms with Gasteiger partial charge in [-0.3, -0.25) is 4.79 Å². The van der Waals surface area contributed by atoms with Crippen molar-refractivity contribution in [3.8, 4) is 0 Å². The van der Waals surface area contributed by atoms with Gasteiger partial charge in [-0.15, -0.1) is 0 Å². The molecule has 2 N–H and O–H groups in total. The Morgan fingerprint density at radius 3 is 2.78 bits per heavy atom. The first-order valence-corrected chi connectivity index (χ1v) is 7.10. The smallest absolute Gasteiger partial charge is 0.306 e. The maximum absolute atomic E-state index is 11.0. The van der Waals surface area contributed by atoms with Gasteiger partial charge >= 0.3 is 5.97 Å². The summed E-state index contributed by atoms with van der Waals surface area (Å²) in [5, 5.41) is 12.5. The van der Waals surface area contributed by atoms with Crippen LogP contribution in [0.1, 0.15) is 52.4 Å². The van der Waals surface area contributed by atoms with Crippen LogP contribution in [-0.4, -0.2) is 35.4 Å². The van der Waals surface area contributed by atoms with E-state index in [0.717, 1.165) is 45.1 Å². The lowest BCUT2D eigenvalue weighted by molar-refractivity contribution is -0.143. The molecule has 18 heavy (non-hydrogen) atoms. The topological polar surface area (TPSA) is 58.6 Å². The minimum absolute atomic E-state index is 0.0164. The zero-order chi connectivity index (χ0) is 13.2. The molecule has 3 unspecified atom stereocenters. The molecule has 0 bridgehead atoms. The first kappa shape index (κ1) is 13.8. The Balaban J connectivity index is 1.72. The highest BCUT2D eigenvalue weighted by molar-refractivity contribution is 5.70. The second-order valence-electron chi connectivity index (χ2n) is 6.35. The second-order valence-corrected chi connectivity index (χ2v) is 6.35. The molecule has 2 fully saturated rings. The van der Waals surface area contributed by atoms with Crippen molar-refractivity contribution in [1.29, 1.82) is 0 Å². The largest absolute Gasteiger partial charge is 0.481 e. The third-order valence-corrected chi connectivity index (χ3v) is 4.21. The Bertz CT molecular complexity index is 303. The summed E-state index contributed by atoms with van der Waals surface area (Å²) < 4.78 is 5.94. The van der Waals surface area contributed by atoms with Gasteiger partial charge in [0.1, 0.15) is 0 Å². The van der Waals surface area contributed by atoms with E-state index in [-0.39, 0.29) is 11.5 Å². The number of carboxylic acid groups (broad SMARTS) is 1. The molecule has 1 saturated carbocycles. The molecule has 1 aliphatic carbocycles. The van der Waals surface area contributed by atoms with Crippen LogP contribution >= 0.6 is 0 Å². The normalized spacial score (nSPS) is 35.6. The molecular weight excluding hydrogens is 230 g/mol. The molecule has 1 aliphatic heterocycles. The molecule has 0 aromatic heterocycles. The number of carboxylic acids is 1. The van der Waals surface area contributed by atoms with E-state index in [1.807, 2.05) is 0 Å². The SMILES string of the molecule is CC1(C)CCC(CNC2CCCC(C(=O)O)C2)O1. The van der Waals surface area contributed by atoms with Crippen LogP contribution in [0.4, 0.5) is 0 Å². The van der Waals surface area contributed by atoms with Crippen molar-refractivity contribution >= 4 is 5.97 Å². The Labute approximate surface area is 109 Å². The summed E-state index contributed by atoms with van der Waals surface area (Å²) in [5.74, 6) is -0.795. The summed E-state index contributed by atoms with van der Waals surface area (Å²) in [4.78, 5) is 11.0. The Kier molecular flexibility index (Phi) is 4.28. The summed E-state index contributed by atoms with van der Waals surface area (Å²) in [6.45, 7) is 5.13. The lowest BCUT2D eigenvalue weighted by atomic mass is 9.86. The van der Waals surface area contributed by atoms with Gasteiger partial charge in [-0.25, -0.2) is 0 Å².